The fourth-order valence-electron chi connectivity index (χ4n) is 0. The molecule has 0 saturated heterocycles. The number of rotatable bonds is 0. The van der Waals surface area contributed by atoms with Crippen LogP contribution in [0.3, 0.4) is 0 Å². The van der Waals surface area contributed by atoms with Crippen LogP contribution < -0.4 is 0 Å². The molecule has 6 heavy (non-hydrogen) atoms. The van der Waals surface area contributed by atoms with Crippen molar-refractivity contribution >= 4 is 8.17 Å². The Kier molecular flexibility index (Phi) is 4.76. The second-order valence-corrected chi connectivity index (χ2v) is 1.80. The molecule has 0 aliphatic carbocycles. The van der Waals surface area contributed by atoms with Crippen molar-refractivity contribution in [1.82, 2.24) is 0 Å². The fourth-order valence-corrected chi connectivity index (χ4v) is 0. The van der Waals surface area contributed by atoms with Crippen LogP contribution in [0.1, 0.15) is 0 Å². The van der Waals surface area contributed by atoms with Gasteiger partial charge in [-0.1, -0.05) is 0 Å². The fraction of sp³-hybridized carbons (Fsp3) is 0. The van der Waals surface area contributed by atoms with Gasteiger partial charge in [-0.2, -0.15) is 0 Å². The first-order valence-electron chi connectivity index (χ1n) is 0.894. The Hall–Kier alpha value is 0.789. The summed E-state index contributed by atoms with van der Waals surface area (Å²) in [5.74, 6) is 0. The van der Waals surface area contributed by atoms with Gasteiger partial charge in [0.25, 0.3) is 0 Å². The van der Waals surface area contributed by atoms with Gasteiger partial charge >= 0.3 is 27.7 Å². The van der Waals surface area contributed by atoms with Gasteiger partial charge in [0.2, 0.25) is 0 Å². The van der Waals surface area contributed by atoms with Crippen LogP contribution >= 0.6 is 8.17 Å². The minimum atomic E-state index is -4.61. The molecule has 42 valence electrons. The molecule has 0 saturated carbocycles. The Morgan fingerprint density at radius 1 is 0.833 bits per heavy atom. The van der Waals surface area contributed by atoms with Gasteiger partial charge in [-0.3, -0.25) is 0 Å². The monoisotopic (exact) mass is 156 g/mol. The van der Waals surface area contributed by atoms with Crippen LogP contribution in [0.5, 0.6) is 0 Å². The Morgan fingerprint density at radius 2 is 0.833 bits per heavy atom. The van der Waals surface area contributed by atoms with Gasteiger partial charge in [0.1, 0.15) is 0 Å². The molecule has 0 aliphatic rings. The van der Waals surface area contributed by atoms with Crippen LogP contribution in [0.15, 0.2) is 0 Å². The topological polar surface area (TPSA) is 80.9 Å². The summed E-state index contributed by atoms with van der Waals surface area (Å²) in [5.41, 5.74) is 0. The summed E-state index contributed by atoms with van der Waals surface area (Å²) < 4.78 is 0. The van der Waals surface area contributed by atoms with Crippen molar-refractivity contribution in [1.29, 1.82) is 0 Å². The van der Waals surface area contributed by atoms with E-state index in [1.807, 2.05) is 0 Å². The van der Waals surface area contributed by atoms with Crippen LogP contribution in [0.2, 0.25) is 0 Å². The van der Waals surface area contributed by atoms with E-state index in [2.05, 4.69) is 0 Å². The normalized spacial score (nSPS) is 12.7. The molecule has 0 rings (SSSR count). The van der Waals surface area contributed by atoms with Crippen LogP contribution in [-0.4, -0.2) is 19.6 Å². The molecule has 6 heteroatoms. The summed E-state index contributed by atoms with van der Waals surface area (Å²) >= 11 is 0. The van der Waals surface area contributed by atoms with Gasteiger partial charge in [-0.15, -0.1) is 0 Å². The number of hydrogen-bond donors (Lipinski definition) is 4. The molecule has 0 unspecified atom stereocenters. The quantitative estimate of drug-likeness (QED) is 0.250. The van der Waals surface area contributed by atoms with Crippen LogP contribution in [0.25, 0.3) is 0 Å². The Labute approximate surface area is 45.6 Å². The second kappa shape index (κ2) is 2.88. The molecular formula is H5FeO4P. The zero-order chi connectivity index (χ0) is 4.50. The molecule has 0 aromatic heterocycles. The molecule has 4 nitrogen and oxygen atoms in total. The van der Waals surface area contributed by atoms with E-state index in [-0.39, 0.29) is 17.1 Å². The SMILES string of the molecule is O[PH](O)(O)O.[Fe]. The van der Waals surface area contributed by atoms with Crippen molar-refractivity contribution in [3.63, 3.8) is 0 Å². The molecule has 0 aliphatic heterocycles. The van der Waals surface area contributed by atoms with E-state index in [1.165, 1.54) is 0 Å². The van der Waals surface area contributed by atoms with E-state index in [4.69, 9.17) is 19.6 Å². The van der Waals surface area contributed by atoms with Crippen molar-refractivity contribution in [2.75, 3.05) is 0 Å². The Balaban J connectivity index is 0. The predicted molar refractivity (Wildman–Crippen MR) is 17.2 cm³/mol. The van der Waals surface area contributed by atoms with E-state index in [0.717, 1.165) is 0 Å². The van der Waals surface area contributed by atoms with E-state index in [9.17, 15) is 0 Å². The first kappa shape index (κ1) is 9.92. The largest absolute Gasteiger partial charge is 0 e. The predicted octanol–water partition coefficient (Wildman–Crippen LogP) is -1.64. The number of hydrogen-bond acceptors (Lipinski definition) is 4. The summed E-state index contributed by atoms with van der Waals surface area (Å²) in [7, 11) is -4.61. The third-order valence-electron chi connectivity index (χ3n) is 0. The van der Waals surface area contributed by atoms with E-state index in [0.29, 0.717) is 0 Å². The molecule has 0 atom stereocenters. The van der Waals surface area contributed by atoms with Gasteiger partial charge in [0.05, 0.1) is 0 Å². The van der Waals surface area contributed by atoms with Crippen molar-refractivity contribution < 1.29 is 36.6 Å². The molecule has 0 heterocycles. The second-order valence-electron chi connectivity index (χ2n) is 0.600. The molecule has 0 aromatic carbocycles. The van der Waals surface area contributed by atoms with E-state index in [1.54, 1.807) is 0 Å². The zero-order valence-electron chi connectivity index (χ0n) is 2.64. The molecule has 0 fully saturated rings. The molecule has 0 aromatic rings. The maximum absolute atomic E-state index is 7.33. The van der Waals surface area contributed by atoms with Gasteiger partial charge in [0.15, 0.2) is 0 Å². The summed E-state index contributed by atoms with van der Waals surface area (Å²) in [6.07, 6.45) is 0. The Morgan fingerprint density at radius 3 is 0.833 bits per heavy atom. The Bertz CT molecular complexity index is 23.0. The first-order valence-corrected chi connectivity index (χ1v) is 2.68. The molecule has 0 spiro atoms. The van der Waals surface area contributed by atoms with Gasteiger partial charge in [0, 0.05) is 17.1 Å². The van der Waals surface area contributed by atoms with Crippen LogP contribution in [0, 0.1) is 0 Å². The molecule has 0 amide bonds. The molecular weight excluding hydrogens is 151 g/mol. The third kappa shape index (κ3) is 110. The van der Waals surface area contributed by atoms with Crippen molar-refractivity contribution in [3.05, 3.63) is 0 Å². The van der Waals surface area contributed by atoms with Gasteiger partial charge < -0.3 is 0 Å². The van der Waals surface area contributed by atoms with Crippen molar-refractivity contribution in [2.24, 2.45) is 0 Å². The maximum Gasteiger partial charge on any atom is 0 e. The summed E-state index contributed by atoms with van der Waals surface area (Å²) in [4.78, 5) is 29.3. The van der Waals surface area contributed by atoms with E-state index < -0.39 is 8.17 Å². The molecule has 4 N–H and O–H groups in total. The maximum atomic E-state index is 7.33. The van der Waals surface area contributed by atoms with Gasteiger partial charge in [-0.05, 0) is 0 Å². The summed E-state index contributed by atoms with van der Waals surface area (Å²) in [5, 5.41) is 0. The minimum Gasteiger partial charge on any atom is 0 e. The summed E-state index contributed by atoms with van der Waals surface area (Å²) in [6, 6.07) is 0. The first-order chi connectivity index (χ1) is 2.00. The minimum absolute atomic E-state index is 0. The molecule has 0 radical (unpaired) electrons. The average Bonchev–Trinajstić information content (AvgIpc) is 0.722. The summed E-state index contributed by atoms with van der Waals surface area (Å²) in [6.45, 7) is 0. The van der Waals surface area contributed by atoms with Crippen LogP contribution in [-0.2, 0) is 17.1 Å². The third-order valence-corrected chi connectivity index (χ3v) is 0. The van der Waals surface area contributed by atoms with Gasteiger partial charge in [-0.25, -0.2) is 0 Å². The van der Waals surface area contributed by atoms with Crippen LogP contribution in [0.4, 0.5) is 0 Å². The molecule has 0 bridgehead atoms. The zero-order valence-corrected chi connectivity index (χ0v) is 4.75. The smallest absolute Gasteiger partial charge is 0 e. The van der Waals surface area contributed by atoms with Crippen molar-refractivity contribution in [3.8, 4) is 0 Å². The van der Waals surface area contributed by atoms with Crippen molar-refractivity contribution in [2.45, 2.75) is 0 Å². The standard InChI is InChI=1S/Fe.H5O4P/c;1-5(2,3)4/h;1-5H. The van der Waals surface area contributed by atoms with E-state index >= 15 is 0 Å². The average molecular weight is 156 g/mol.